The zero-order chi connectivity index (χ0) is 16.8. The standard InChI is InChI=1S/C20H19NO2/c1-3-18(22)19(16-11-9-15(13-21)10-12-16)14(2)20(23)17-7-5-4-6-8-17/h4-12,14,19H,3H2,1-2H3. The average molecular weight is 305 g/mol. The Morgan fingerprint density at radius 2 is 1.65 bits per heavy atom. The van der Waals surface area contributed by atoms with Gasteiger partial charge in [-0.25, -0.2) is 0 Å². The van der Waals surface area contributed by atoms with Crippen molar-refractivity contribution in [2.75, 3.05) is 0 Å². The molecule has 0 aliphatic heterocycles. The van der Waals surface area contributed by atoms with Gasteiger partial charge in [0.15, 0.2) is 5.78 Å². The Hall–Kier alpha value is -2.73. The summed E-state index contributed by atoms with van der Waals surface area (Å²) in [5.41, 5.74) is 1.94. The molecule has 2 rings (SSSR count). The molecule has 116 valence electrons. The van der Waals surface area contributed by atoms with Crippen LogP contribution in [0.3, 0.4) is 0 Å². The Morgan fingerprint density at radius 3 is 2.17 bits per heavy atom. The normalized spacial score (nSPS) is 12.9. The van der Waals surface area contributed by atoms with Crippen LogP contribution < -0.4 is 0 Å². The van der Waals surface area contributed by atoms with E-state index in [4.69, 9.17) is 5.26 Å². The largest absolute Gasteiger partial charge is 0.299 e. The highest BCUT2D eigenvalue weighted by molar-refractivity contribution is 6.02. The third-order valence-corrected chi connectivity index (χ3v) is 4.07. The van der Waals surface area contributed by atoms with E-state index in [9.17, 15) is 9.59 Å². The highest BCUT2D eigenvalue weighted by Gasteiger charge is 2.30. The van der Waals surface area contributed by atoms with E-state index in [1.54, 1.807) is 50.2 Å². The first-order chi connectivity index (χ1) is 11.1. The molecule has 2 unspecified atom stereocenters. The lowest BCUT2D eigenvalue weighted by Crippen LogP contribution is -2.26. The van der Waals surface area contributed by atoms with Crippen molar-refractivity contribution in [3.8, 4) is 6.07 Å². The number of hydrogen-bond acceptors (Lipinski definition) is 3. The maximum absolute atomic E-state index is 12.7. The van der Waals surface area contributed by atoms with Crippen molar-refractivity contribution in [2.45, 2.75) is 26.2 Å². The summed E-state index contributed by atoms with van der Waals surface area (Å²) in [7, 11) is 0. The zero-order valence-electron chi connectivity index (χ0n) is 13.3. The van der Waals surface area contributed by atoms with Crippen LogP contribution in [0.1, 0.15) is 47.7 Å². The van der Waals surface area contributed by atoms with Gasteiger partial charge in [0, 0.05) is 17.9 Å². The Kier molecular flexibility index (Phi) is 5.43. The van der Waals surface area contributed by atoms with Crippen LogP contribution in [0.15, 0.2) is 54.6 Å². The lowest BCUT2D eigenvalue weighted by molar-refractivity contribution is -0.120. The lowest BCUT2D eigenvalue weighted by atomic mass is 9.79. The van der Waals surface area contributed by atoms with Crippen LogP contribution in [0.5, 0.6) is 0 Å². The Morgan fingerprint density at radius 1 is 1.04 bits per heavy atom. The van der Waals surface area contributed by atoms with E-state index in [2.05, 4.69) is 6.07 Å². The molecule has 0 aromatic heterocycles. The fourth-order valence-corrected chi connectivity index (χ4v) is 2.75. The fourth-order valence-electron chi connectivity index (χ4n) is 2.75. The molecule has 3 heteroatoms. The quantitative estimate of drug-likeness (QED) is 0.754. The molecule has 0 saturated heterocycles. The van der Waals surface area contributed by atoms with Gasteiger partial charge in [-0.3, -0.25) is 9.59 Å². The van der Waals surface area contributed by atoms with Gasteiger partial charge in [-0.15, -0.1) is 0 Å². The molecule has 0 aliphatic carbocycles. The molecular formula is C20H19NO2. The van der Waals surface area contributed by atoms with Gasteiger partial charge in [0.25, 0.3) is 0 Å². The average Bonchev–Trinajstić information content (AvgIpc) is 2.62. The summed E-state index contributed by atoms with van der Waals surface area (Å²) in [4.78, 5) is 25.1. The summed E-state index contributed by atoms with van der Waals surface area (Å²) in [6, 6.07) is 18.0. The molecule has 0 spiro atoms. The van der Waals surface area contributed by atoms with Gasteiger partial charge in [0.05, 0.1) is 17.6 Å². The summed E-state index contributed by atoms with van der Waals surface area (Å²) in [6.45, 7) is 3.60. The molecule has 3 nitrogen and oxygen atoms in total. The Labute approximate surface area is 136 Å². The highest BCUT2D eigenvalue weighted by Crippen LogP contribution is 2.29. The number of nitriles is 1. The van der Waals surface area contributed by atoms with Crippen LogP contribution >= 0.6 is 0 Å². The van der Waals surface area contributed by atoms with Gasteiger partial charge in [-0.2, -0.15) is 5.26 Å². The lowest BCUT2D eigenvalue weighted by Gasteiger charge is -2.22. The first kappa shape index (κ1) is 16.6. The Bertz CT molecular complexity index is 726. The first-order valence-corrected chi connectivity index (χ1v) is 7.70. The molecule has 0 saturated carbocycles. The van der Waals surface area contributed by atoms with E-state index in [1.807, 2.05) is 18.2 Å². The molecule has 0 bridgehead atoms. The molecule has 0 amide bonds. The van der Waals surface area contributed by atoms with Gasteiger partial charge in [0.2, 0.25) is 0 Å². The first-order valence-electron chi connectivity index (χ1n) is 7.70. The molecule has 0 aliphatic rings. The monoisotopic (exact) mass is 305 g/mol. The van der Waals surface area contributed by atoms with E-state index >= 15 is 0 Å². The summed E-state index contributed by atoms with van der Waals surface area (Å²) < 4.78 is 0. The number of carbonyl (C=O) groups is 2. The highest BCUT2D eigenvalue weighted by atomic mass is 16.1. The van der Waals surface area contributed by atoms with E-state index in [0.29, 0.717) is 17.5 Å². The van der Waals surface area contributed by atoms with Crippen molar-refractivity contribution >= 4 is 11.6 Å². The second kappa shape index (κ2) is 7.51. The van der Waals surface area contributed by atoms with Crippen LogP contribution in [0.2, 0.25) is 0 Å². The second-order valence-electron chi connectivity index (χ2n) is 5.55. The van der Waals surface area contributed by atoms with Gasteiger partial charge in [-0.05, 0) is 17.7 Å². The van der Waals surface area contributed by atoms with E-state index < -0.39 is 11.8 Å². The molecule has 0 heterocycles. The number of Topliss-reactive ketones (excluding diaryl/α,β-unsaturated/α-hetero) is 2. The van der Waals surface area contributed by atoms with Crippen molar-refractivity contribution in [1.29, 1.82) is 5.26 Å². The van der Waals surface area contributed by atoms with Crippen LogP contribution in [0.4, 0.5) is 0 Å². The van der Waals surface area contributed by atoms with Crippen LogP contribution in [-0.4, -0.2) is 11.6 Å². The van der Waals surface area contributed by atoms with Crippen LogP contribution in [0, 0.1) is 17.2 Å². The maximum atomic E-state index is 12.7. The van der Waals surface area contributed by atoms with E-state index in [0.717, 1.165) is 5.56 Å². The summed E-state index contributed by atoms with van der Waals surface area (Å²) in [5, 5.41) is 8.90. The minimum atomic E-state index is -0.486. The van der Waals surface area contributed by atoms with E-state index in [1.165, 1.54) is 0 Å². The van der Waals surface area contributed by atoms with Crippen molar-refractivity contribution in [2.24, 2.45) is 5.92 Å². The third kappa shape index (κ3) is 3.73. The van der Waals surface area contributed by atoms with E-state index in [-0.39, 0.29) is 11.6 Å². The van der Waals surface area contributed by atoms with Crippen molar-refractivity contribution in [3.63, 3.8) is 0 Å². The molecule has 2 atom stereocenters. The number of rotatable bonds is 6. The molecule has 23 heavy (non-hydrogen) atoms. The van der Waals surface area contributed by atoms with Crippen molar-refractivity contribution in [1.82, 2.24) is 0 Å². The van der Waals surface area contributed by atoms with Crippen LogP contribution in [0.25, 0.3) is 0 Å². The fraction of sp³-hybridized carbons (Fsp3) is 0.250. The Balaban J connectivity index is 2.36. The smallest absolute Gasteiger partial charge is 0.166 e. The van der Waals surface area contributed by atoms with Gasteiger partial charge in [-0.1, -0.05) is 56.3 Å². The molecule has 0 radical (unpaired) electrons. The second-order valence-corrected chi connectivity index (χ2v) is 5.55. The topological polar surface area (TPSA) is 57.9 Å². The van der Waals surface area contributed by atoms with Crippen molar-refractivity contribution in [3.05, 3.63) is 71.3 Å². The molecular weight excluding hydrogens is 286 g/mol. The summed E-state index contributed by atoms with van der Waals surface area (Å²) in [6.07, 6.45) is 0.372. The minimum absolute atomic E-state index is 0.0338. The van der Waals surface area contributed by atoms with Gasteiger partial charge in [0.1, 0.15) is 5.78 Å². The zero-order valence-corrected chi connectivity index (χ0v) is 13.3. The number of hydrogen-bond donors (Lipinski definition) is 0. The molecule has 2 aromatic carbocycles. The predicted molar refractivity (Wildman–Crippen MR) is 89.1 cm³/mol. The SMILES string of the molecule is CCC(=O)C(c1ccc(C#N)cc1)C(C)C(=O)c1ccccc1. The summed E-state index contributed by atoms with van der Waals surface area (Å²) in [5.74, 6) is -0.938. The number of benzene rings is 2. The number of ketones is 2. The number of nitrogens with zero attached hydrogens (tertiary/aromatic N) is 1. The number of carbonyl (C=O) groups excluding carboxylic acids is 2. The van der Waals surface area contributed by atoms with Crippen LogP contribution in [-0.2, 0) is 4.79 Å². The van der Waals surface area contributed by atoms with Gasteiger partial charge >= 0.3 is 0 Å². The summed E-state index contributed by atoms with van der Waals surface area (Å²) >= 11 is 0. The molecule has 0 fully saturated rings. The molecule has 2 aromatic rings. The predicted octanol–water partition coefficient (Wildman–Crippen LogP) is 4.14. The maximum Gasteiger partial charge on any atom is 0.166 e. The minimum Gasteiger partial charge on any atom is -0.299 e. The molecule has 0 N–H and O–H groups in total. The third-order valence-electron chi connectivity index (χ3n) is 4.07. The van der Waals surface area contributed by atoms with Gasteiger partial charge < -0.3 is 0 Å². The van der Waals surface area contributed by atoms with Crippen molar-refractivity contribution < 1.29 is 9.59 Å².